The Morgan fingerprint density at radius 1 is 1.48 bits per heavy atom. The molecule has 116 valence electrons. The predicted octanol–water partition coefficient (Wildman–Crippen LogP) is 1.74. The molecule has 6 nitrogen and oxygen atoms in total. The maximum Gasteiger partial charge on any atom is 0.284 e. The number of likely N-dealkylation sites (tertiary alicyclic amines) is 1. The van der Waals surface area contributed by atoms with E-state index in [0.717, 1.165) is 32.2 Å². The molecule has 1 aromatic rings. The number of hydrogen-bond donors (Lipinski definition) is 2. The summed E-state index contributed by atoms with van der Waals surface area (Å²) >= 11 is 1.30. The van der Waals surface area contributed by atoms with Gasteiger partial charge in [-0.15, -0.1) is 10.2 Å². The largest absolute Gasteiger partial charge is 0.389 e. The van der Waals surface area contributed by atoms with Gasteiger partial charge in [0.2, 0.25) is 10.1 Å². The van der Waals surface area contributed by atoms with Gasteiger partial charge < -0.3 is 15.3 Å². The van der Waals surface area contributed by atoms with Crippen molar-refractivity contribution in [3.63, 3.8) is 0 Å². The number of fused-ring (bicyclic) bond motifs is 1. The number of carbonyl (C=O) groups excluding carboxylic acids is 1. The normalized spacial score (nSPS) is 29.0. The van der Waals surface area contributed by atoms with Crippen molar-refractivity contribution in [1.29, 1.82) is 0 Å². The van der Waals surface area contributed by atoms with Crippen molar-refractivity contribution in [1.82, 2.24) is 15.1 Å². The molecular formula is C14H22N4O2S. The summed E-state index contributed by atoms with van der Waals surface area (Å²) in [5, 5.41) is 22.8. The van der Waals surface area contributed by atoms with E-state index >= 15 is 0 Å². The number of piperidine rings is 1. The zero-order valence-corrected chi connectivity index (χ0v) is 13.2. The molecule has 7 heteroatoms. The Balaban J connectivity index is 1.68. The van der Waals surface area contributed by atoms with Crippen LogP contribution >= 0.6 is 11.3 Å². The lowest BCUT2D eigenvalue weighted by Crippen LogP contribution is -2.54. The molecular weight excluding hydrogens is 288 g/mol. The van der Waals surface area contributed by atoms with Gasteiger partial charge in [0.05, 0.1) is 5.60 Å². The first kappa shape index (κ1) is 14.7. The maximum atomic E-state index is 12.5. The highest BCUT2D eigenvalue weighted by Gasteiger charge is 2.44. The molecule has 0 bridgehead atoms. The number of aliphatic hydroxyl groups is 1. The first-order chi connectivity index (χ1) is 10.1. The maximum absolute atomic E-state index is 12.5. The number of amides is 1. The zero-order chi connectivity index (χ0) is 14.9. The molecule has 2 aliphatic rings. The fourth-order valence-electron chi connectivity index (χ4n) is 3.42. The Hall–Kier alpha value is -1.21. The van der Waals surface area contributed by atoms with Crippen molar-refractivity contribution in [2.75, 3.05) is 25.0 Å². The fraction of sp³-hybridized carbons (Fsp3) is 0.786. The van der Waals surface area contributed by atoms with Gasteiger partial charge in [-0.2, -0.15) is 0 Å². The Bertz CT molecular complexity index is 521. The Kier molecular flexibility index (Phi) is 4.12. The van der Waals surface area contributed by atoms with Crippen LogP contribution in [0.4, 0.5) is 5.13 Å². The zero-order valence-electron chi connectivity index (χ0n) is 12.3. The van der Waals surface area contributed by atoms with Gasteiger partial charge in [0.25, 0.3) is 5.91 Å². The van der Waals surface area contributed by atoms with Gasteiger partial charge >= 0.3 is 0 Å². The SMILES string of the molecule is CCNc1nnc(C(=O)N2CCC3(O)CCCCC3C2)s1. The van der Waals surface area contributed by atoms with E-state index in [1.165, 1.54) is 11.3 Å². The van der Waals surface area contributed by atoms with Crippen LogP contribution in [-0.4, -0.2) is 51.3 Å². The van der Waals surface area contributed by atoms with Crippen molar-refractivity contribution < 1.29 is 9.90 Å². The lowest BCUT2D eigenvalue weighted by Gasteiger charge is -2.47. The van der Waals surface area contributed by atoms with E-state index in [9.17, 15) is 9.90 Å². The van der Waals surface area contributed by atoms with Crippen LogP contribution < -0.4 is 5.32 Å². The summed E-state index contributed by atoms with van der Waals surface area (Å²) in [5.74, 6) is 0.161. The minimum Gasteiger partial charge on any atom is -0.389 e. The average Bonchev–Trinajstić information content (AvgIpc) is 2.94. The summed E-state index contributed by atoms with van der Waals surface area (Å²) in [6, 6.07) is 0. The number of nitrogens with one attached hydrogen (secondary N) is 1. The van der Waals surface area contributed by atoms with Crippen LogP contribution in [0.2, 0.25) is 0 Å². The Morgan fingerprint density at radius 3 is 3.14 bits per heavy atom. The number of rotatable bonds is 3. The molecule has 21 heavy (non-hydrogen) atoms. The van der Waals surface area contributed by atoms with E-state index in [0.29, 0.717) is 29.6 Å². The number of hydrogen-bond acceptors (Lipinski definition) is 6. The van der Waals surface area contributed by atoms with Crippen molar-refractivity contribution in [3.05, 3.63) is 5.01 Å². The van der Waals surface area contributed by atoms with Crippen LogP contribution in [0.25, 0.3) is 0 Å². The van der Waals surface area contributed by atoms with Crippen LogP contribution in [0.5, 0.6) is 0 Å². The van der Waals surface area contributed by atoms with Gasteiger partial charge in [-0.05, 0) is 26.2 Å². The van der Waals surface area contributed by atoms with Crippen molar-refractivity contribution in [2.45, 2.75) is 44.6 Å². The molecule has 0 radical (unpaired) electrons. The first-order valence-electron chi connectivity index (χ1n) is 7.71. The van der Waals surface area contributed by atoms with Crippen molar-refractivity contribution >= 4 is 22.4 Å². The predicted molar refractivity (Wildman–Crippen MR) is 81.5 cm³/mol. The summed E-state index contributed by atoms with van der Waals surface area (Å²) in [5.41, 5.74) is -0.551. The molecule has 2 heterocycles. The van der Waals surface area contributed by atoms with Gasteiger partial charge in [0.15, 0.2) is 0 Å². The van der Waals surface area contributed by atoms with Gasteiger partial charge in [-0.3, -0.25) is 4.79 Å². The van der Waals surface area contributed by atoms with Crippen LogP contribution in [0.3, 0.4) is 0 Å². The molecule has 1 aliphatic carbocycles. The summed E-state index contributed by atoms with van der Waals surface area (Å²) < 4.78 is 0. The van der Waals surface area contributed by atoms with E-state index in [1.54, 1.807) is 0 Å². The van der Waals surface area contributed by atoms with E-state index in [-0.39, 0.29) is 11.8 Å². The van der Waals surface area contributed by atoms with Crippen LogP contribution in [0.1, 0.15) is 48.8 Å². The second kappa shape index (κ2) is 5.88. The van der Waals surface area contributed by atoms with E-state index < -0.39 is 5.60 Å². The van der Waals surface area contributed by atoms with Gasteiger partial charge in [0.1, 0.15) is 0 Å². The van der Waals surface area contributed by atoms with E-state index in [1.807, 2.05) is 11.8 Å². The minimum absolute atomic E-state index is 0.0516. The molecule has 1 aliphatic heterocycles. The Labute approximate surface area is 128 Å². The van der Waals surface area contributed by atoms with Crippen molar-refractivity contribution in [2.24, 2.45) is 5.92 Å². The molecule has 1 saturated heterocycles. The summed E-state index contributed by atoms with van der Waals surface area (Å²) in [6.07, 6.45) is 4.83. The number of anilines is 1. The molecule has 1 aromatic heterocycles. The van der Waals surface area contributed by atoms with Crippen molar-refractivity contribution in [3.8, 4) is 0 Å². The minimum atomic E-state index is -0.551. The lowest BCUT2D eigenvalue weighted by atomic mass is 9.71. The lowest BCUT2D eigenvalue weighted by molar-refractivity contribution is -0.0886. The highest BCUT2D eigenvalue weighted by atomic mass is 32.1. The molecule has 0 spiro atoms. The molecule has 3 rings (SSSR count). The second-order valence-corrected chi connectivity index (χ2v) is 6.97. The van der Waals surface area contributed by atoms with Gasteiger partial charge in [-0.25, -0.2) is 0 Å². The van der Waals surface area contributed by atoms with Gasteiger partial charge in [0, 0.05) is 25.6 Å². The molecule has 2 fully saturated rings. The quantitative estimate of drug-likeness (QED) is 0.889. The molecule has 2 unspecified atom stereocenters. The summed E-state index contributed by atoms with van der Waals surface area (Å²) in [7, 11) is 0. The standard InChI is InChI=1S/C14H22N4O2S/c1-2-15-13-17-16-11(21-13)12(19)18-8-7-14(20)6-4-3-5-10(14)9-18/h10,20H,2-9H2,1H3,(H,15,17). The van der Waals surface area contributed by atoms with Gasteiger partial charge in [-0.1, -0.05) is 24.2 Å². The highest BCUT2D eigenvalue weighted by molar-refractivity contribution is 7.17. The van der Waals surface area contributed by atoms with E-state index in [2.05, 4.69) is 15.5 Å². The number of aromatic nitrogens is 2. The smallest absolute Gasteiger partial charge is 0.284 e. The molecule has 1 saturated carbocycles. The number of nitrogens with zero attached hydrogens (tertiary/aromatic N) is 3. The second-order valence-electron chi connectivity index (χ2n) is 5.99. The monoisotopic (exact) mass is 310 g/mol. The molecule has 2 N–H and O–H groups in total. The Morgan fingerprint density at radius 2 is 2.33 bits per heavy atom. The fourth-order valence-corrected chi connectivity index (χ4v) is 4.20. The third-order valence-corrected chi connectivity index (χ3v) is 5.52. The first-order valence-corrected chi connectivity index (χ1v) is 8.53. The van der Waals surface area contributed by atoms with Crippen LogP contribution in [-0.2, 0) is 0 Å². The van der Waals surface area contributed by atoms with Crippen LogP contribution in [0.15, 0.2) is 0 Å². The highest BCUT2D eigenvalue weighted by Crippen LogP contribution is 2.40. The molecule has 2 atom stereocenters. The summed E-state index contributed by atoms with van der Waals surface area (Å²) in [4.78, 5) is 14.4. The third kappa shape index (κ3) is 2.89. The third-order valence-electron chi connectivity index (χ3n) is 4.65. The van der Waals surface area contributed by atoms with E-state index in [4.69, 9.17) is 0 Å². The topological polar surface area (TPSA) is 78.4 Å². The molecule has 0 aromatic carbocycles. The summed E-state index contributed by atoms with van der Waals surface area (Å²) in [6.45, 7) is 4.01. The molecule has 1 amide bonds. The average molecular weight is 310 g/mol. The van der Waals surface area contributed by atoms with Crippen LogP contribution in [0, 0.1) is 5.92 Å². The number of carbonyl (C=O) groups is 1.